The first kappa shape index (κ1) is 19.3. The molecule has 0 saturated carbocycles. The number of imidazole rings is 1. The van der Waals surface area contributed by atoms with E-state index in [1.54, 1.807) is 24.1 Å². The molecule has 2 aromatic carbocycles. The third kappa shape index (κ3) is 4.28. The van der Waals surface area contributed by atoms with Gasteiger partial charge in [0.15, 0.2) is 0 Å². The SMILES string of the molecule is C[C@H](c1cccc([N+](=O)[O-])c1)N(C)C(=O)NCCCn1cnc2ccccc21. The Bertz CT molecular complexity index is 985. The van der Waals surface area contributed by atoms with Crippen LogP contribution in [0.15, 0.2) is 54.9 Å². The molecule has 1 atom stereocenters. The van der Waals surface area contributed by atoms with E-state index in [1.165, 1.54) is 12.1 Å². The largest absolute Gasteiger partial charge is 0.338 e. The molecule has 8 heteroatoms. The first-order chi connectivity index (χ1) is 13.5. The van der Waals surface area contributed by atoms with E-state index >= 15 is 0 Å². The van der Waals surface area contributed by atoms with Crippen molar-refractivity contribution in [2.45, 2.75) is 25.9 Å². The van der Waals surface area contributed by atoms with E-state index in [4.69, 9.17) is 0 Å². The van der Waals surface area contributed by atoms with Crippen molar-refractivity contribution in [2.75, 3.05) is 13.6 Å². The standard InChI is InChI=1S/C20H23N5O3/c1-15(16-7-5-8-17(13-16)25(27)28)23(2)20(26)21-11-6-12-24-14-22-18-9-3-4-10-19(18)24/h3-5,7-10,13-15H,6,11-12H2,1-2H3,(H,21,26)/t15-/m1/s1. The lowest BCUT2D eigenvalue weighted by Crippen LogP contribution is -2.39. The van der Waals surface area contributed by atoms with Gasteiger partial charge in [0.05, 0.1) is 28.3 Å². The lowest BCUT2D eigenvalue weighted by Gasteiger charge is -2.25. The fraction of sp³-hybridized carbons (Fsp3) is 0.300. The van der Waals surface area contributed by atoms with Gasteiger partial charge in [-0.05, 0) is 31.0 Å². The number of hydrogen-bond donors (Lipinski definition) is 1. The van der Waals surface area contributed by atoms with E-state index in [1.807, 2.05) is 37.5 Å². The lowest BCUT2D eigenvalue weighted by molar-refractivity contribution is -0.384. The zero-order valence-corrected chi connectivity index (χ0v) is 15.9. The summed E-state index contributed by atoms with van der Waals surface area (Å²) in [6, 6.07) is 13.8. The van der Waals surface area contributed by atoms with Gasteiger partial charge < -0.3 is 14.8 Å². The molecule has 28 heavy (non-hydrogen) atoms. The van der Waals surface area contributed by atoms with E-state index in [2.05, 4.69) is 14.9 Å². The molecule has 0 saturated heterocycles. The van der Waals surface area contributed by atoms with Crippen LogP contribution in [0.5, 0.6) is 0 Å². The van der Waals surface area contributed by atoms with Crippen molar-refractivity contribution in [3.63, 3.8) is 0 Å². The summed E-state index contributed by atoms with van der Waals surface area (Å²) in [6.45, 7) is 3.12. The molecule has 3 rings (SSSR count). The van der Waals surface area contributed by atoms with Gasteiger partial charge in [-0.1, -0.05) is 24.3 Å². The fourth-order valence-electron chi connectivity index (χ4n) is 3.06. The van der Waals surface area contributed by atoms with Gasteiger partial charge >= 0.3 is 6.03 Å². The molecule has 0 bridgehead atoms. The van der Waals surface area contributed by atoms with E-state index in [9.17, 15) is 14.9 Å². The van der Waals surface area contributed by atoms with Crippen LogP contribution in [0, 0.1) is 10.1 Å². The van der Waals surface area contributed by atoms with Crippen molar-refractivity contribution in [2.24, 2.45) is 0 Å². The number of para-hydroxylation sites is 2. The van der Waals surface area contributed by atoms with Crippen LogP contribution in [0.3, 0.4) is 0 Å². The number of nitro benzene ring substituents is 1. The number of carbonyl (C=O) groups is 1. The number of aryl methyl sites for hydroxylation is 1. The maximum absolute atomic E-state index is 12.4. The van der Waals surface area contributed by atoms with Crippen LogP contribution in [0.4, 0.5) is 10.5 Å². The number of carbonyl (C=O) groups excluding carboxylic acids is 1. The Morgan fingerprint density at radius 1 is 1.29 bits per heavy atom. The monoisotopic (exact) mass is 381 g/mol. The second kappa shape index (κ2) is 8.51. The number of benzene rings is 2. The number of nitrogens with zero attached hydrogens (tertiary/aromatic N) is 4. The van der Waals surface area contributed by atoms with Crippen molar-refractivity contribution in [3.05, 3.63) is 70.5 Å². The normalized spacial score (nSPS) is 11.9. The molecule has 0 spiro atoms. The van der Waals surface area contributed by atoms with E-state index in [-0.39, 0.29) is 17.8 Å². The number of hydrogen-bond acceptors (Lipinski definition) is 4. The minimum absolute atomic E-state index is 0.0192. The van der Waals surface area contributed by atoms with Gasteiger partial charge in [-0.15, -0.1) is 0 Å². The third-order valence-corrected chi connectivity index (χ3v) is 4.84. The highest BCUT2D eigenvalue weighted by Crippen LogP contribution is 2.23. The summed E-state index contributed by atoms with van der Waals surface area (Å²) in [7, 11) is 1.68. The Hall–Kier alpha value is -3.42. The van der Waals surface area contributed by atoms with Gasteiger partial charge in [0.1, 0.15) is 0 Å². The first-order valence-electron chi connectivity index (χ1n) is 9.12. The number of nitro groups is 1. The molecule has 3 aromatic rings. The highest BCUT2D eigenvalue weighted by atomic mass is 16.6. The molecule has 2 amide bonds. The quantitative estimate of drug-likeness (QED) is 0.383. The average molecular weight is 381 g/mol. The summed E-state index contributed by atoms with van der Waals surface area (Å²) in [5, 5.41) is 13.8. The maximum Gasteiger partial charge on any atom is 0.317 e. The highest BCUT2D eigenvalue weighted by molar-refractivity contribution is 5.75. The van der Waals surface area contributed by atoms with Gasteiger partial charge in [0.2, 0.25) is 0 Å². The Morgan fingerprint density at radius 2 is 2.07 bits per heavy atom. The zero-order valence-electron chi connectivity index (χ0n) is 15.9. The summed E-state index contributed by atoms with van der Waals surface area (Å²) in [5.41, 5.74) is 2.77. The number of nitrogens with one attached hydrogen (secondary N) is 1. The molecule has 0 aliphatic carbocycles. The summed E-state index contributed by atoms with van der Waals surface area (Å²) < 4.78 is 2.07. The Balaban J connectivity index is 1.51. The van der Waals surface area contributed by atoms with Crippen LogP contribution in [0.2, 0.25) is 0 Å². The minimum Gasteiger partial charge on any atom is -0.338 e. The molecule has 0 radical (unpaired) electrons. The first-order valence-corrected chi connectivity index (χ1v) is 9.12. The lowest BCUT2D eigenvalue weighted by atomic mass is 10.1. The van der Waals surface area contributed by atoms with E-state index < -0.39 is 4.92 Å². The number of aromatic nitrogens is 2. The molecule has 0 fully saturated rings. The predicted molar refractivity (Wildman–Crippen MR) is 107 cm³/mol. The van der Waals surface area contributed by atoms with Gasteiger partial charge in [-0.3, -0.25) is 10.1 Å². The number of amides is 2. The topological polar surface area (TPSA) is 93.3 Å². The fourth-order valence-corrected chi connectivity index (χ4v) is 3.06. The second-order valence-electron chi connectivity index (χ2n) is 6.65. The van der Waals surface area contributed by atoms with Gasteiger partial charge in [-0.25, -0.2) is 9.78 Å². The molecule has 1 aromatic heterocycles. The summed E-state index contributed by atoms with van der Waals surface area (Å²) in [5.74, 6) is 0. The molecule has 1 heterocycles. The summed E-state index contributed by atoms with van der Waals surface area (Å²) in [6.07, 6.45) is 2.58. The summed E-state index contributed by atoms with van der Waals surface area (Å²) in [4.78, 5) is 28.8. The highest BCUT2D eigenvalue weighted by Gasteiger charge is 2.19. The molecule has 0 aliphatic heterocycles. The number of rotatable bonds is 7. The average Bonchev–Trinajstić information content (AvgIpc) is 3.13. The van der Waals surface area contributed by atoms with Crippen LogP contribution >= 0.6 is 0 Å². The molecule has 146 valence electrons. The minimum atomic E-state index is -0.434. The molecule has 1 N–H and O–H groups in total. The van der Waals surface area contributed by atoms with Crippen molar-refractivity contribution in [1.82, 2.24) is 19.8 Å². The Morgan fingerprint density at radius 3 is 2.86 bits per heavy atom. The molecule has 0 unspecified atom stereocenters. The molecule has 8 nitrogen and oxygen atoms in total. The zero-order chi connectivity index (χ0) is 20.1. The maximum atomic E-state index is 12.4. The Labute approximate surface area is 162 Å². The van der Waals surface area contributed by atoms with Crippen molar-refractivity contribution >= 4 is 22.8 Å². The van der Waals surface area contributed by atoms with Crippen LogP contribution in [-0.4, -0.2) is 39.0 Å². The van der Waals surface area contributed by atoms with Gasteiger partial charge in [0, 0.05) is 32.3 Å². The second-order valence-corrected chi connectivity index (χ2v) is 6.65. The van der Waals surface area contributed by atoms with E-state index in [0.29, 0.717) is 6.54 Å². The van der Waals surface area contributed by atoms with Crippen LogP contribution in [0.1, 0.15) is 24.9 Å². The van der Waals surface area contributed by atoms with Crippen molar-refractivity contribution in [3.8, 4) is 0 Å². The Kier molecular flexibility index (Phi) is 5.88. The van der Waals surface area contributed by atoms with Gasteiger partial charge in [0.25, 0.3) is 5.69 Å². The number of non-ortho nitro benzene ring substituents is 1. The number of urea groups is 1. The molecular weight excluding hydrogens is 358 g/mol. The van der Waals surface area contributed by atoms with Crippen LogP contribution in [0.25, 0.3) is 11.0 Å². The number of fused-ring (bicyclic) bond motifs is 1. The predicted octanol–water partition coefficient (Wildman–Crippen LogP) is 3.74. The van der Waals surface area contributed by atoms with Crippen LogP contribution in [-0.2, 0) is 6.54 Å². The van der Waals surface area contributed by atoms with E-state index in [0.717, 1.165) is 29.6 Å². The molecule has 0 aliphatic rings. The smallest absolute Gasteiger partial charge is 0.317 e. The summed E-state index contributed by atoms with van der Waals surface area (Å²) >= 11 is 0. The third-order valence-electron chi connectivity index (χ3n) is 4.84. The van der Waals surface area contributed by atoms with Gasteiger partial charge in [-0.2, -0.15) is 0 Å². The van der Waals surface area contributed by atoms with Crippen LogP contribution < -0.4 is 5.32 Å². The van der Waals surface area contributed by atoms with Crippen molar-refractivity contribution in [1.29, 1.82) is 0 Å². The molecular formula is C20H23N5O3. The van der Waals surface area contributed by atoms with Crippen molar-refractivity contribution < 1.29 is 9.72 Å².